The number of carbonyl (C=O) groups is 3. The molecule has 0 fully saturated rings. The maximum atomic E-state index is 12.7. The Morgan fingerprint density at radius 1 is 0.400 bits per heavy atom. The Hall–Kier alpha value is -2.11. The minimum atomic E-state index is -0.775. The first-order valence-electron chi connectivity index (χ1n) is 23.8. The van der Waals surface area contributed by atoms with Crippen molar-refractivity contribution < 1.29 is 28.6 Å². The fourth-order valence-corrected chi connectivity index (χ4v) is 6.95. The van der Waals surface area contributed by atoms with Crippen LogP contribution in [0.1, 0.15) is 251 Å². The van der Waals surface area contributed by atoms with E-state index >= 15 is 0 Å². The number of ether oxygens (including phenoxy) is 3. The molecule has 0 aromatic carbocycles. The SMILES string of the molecule is C=CCCCCCCCC(=O)OCC(COC(=O)CCCCCCCCCCCCCCCCC)OC(=O)CCCCCCC/C=C\CCCCCCCC. The molecule has 0 amide bonds. The highest BCUT2D eigenvalue weighted by atomic mass is 16.6. The van der Waals surface area contributed by atoms with Gasteiger partial charge in [0.1, 0.15) is 13.2 Å². The maximum absolute atomic E-state index is 12.7. The lowest BCUT2D eigenvalue weighted by Gasteiger charge is -2.18. The fraction of sp³-hybridized carbons (Fsp3) is 0.857. The molecule has 0 saturated heterocycles. The zero-order chi connectivity index (χ0) is 40.1. The van der Waals surface area contributed by atoms with Crippen LogP contribution in [0.3, 0.4) is 0 Å². The van der Waals surface area contributed by atoms with Crippen LogP contribution in [0.15, 0.2) is 24.8 Å². The molecule has 322 valence electrons. The summed E-state index contributed by atoms with van der Waals surface area (Å²) in [6.07, 6.45) is 47.8. The average Bonchev–Trinajstić information content (AvgIpc) is 3.18. The van der Waals surface area contributed by atoms with Crippen LogP contribution in [0.5, 0.6) is 0 Å². The van der Waals surface area contributed by atoms with E-state index in [1.165, 1.54) is 135 Å². The van der Waals surface area contributed by atoms with Crippen LogP contribution < -0.4 is 0 Å². The van der Waals surface area contributed by atoms with Gasteiger partial charge >= 0.3 is 17.9 Å². The van der Waals surface area contributed by atoms with E-state index in [4.69, 9.17) is 14.2 Å². The van der Waals surface area contributed by atoms with Crippen molar-refractivity contribution in [2.75, 3.05) is 13.2 Å². The molecule has 1 unspecified atom stereocenters. The van der Waals surface area contributed by atoms with Crippen molar-refractivity contribution in [1.29, 1.82) is 0 Å². The van der Waals surface area contributed by atoms with Crippen LogP contribution in [0.4, 0.5) is 0 Å². The Morgan fingerprint density at radius 3 is 1.04 bits per heavy atom. The summed E-state index contributed by atoms with van der Waals surface area (Å²) in [4.78, 5) is 37.6. The molecule has 0 spiro atoms. The van der Waals surface area contributed by atoms with Gasteiger partial charge < -0.3 is 14.2 Å². The highest BCUT2D eigenvalue weighted by Gasteiger charge is 2.19. The van der Waals surface area contributed by atoms with Gasteiger partial charge in [0.2, 0.25) is 0 Å². The number of carbonyl (C=O) groups excluding carboxylic acids is 3. The molecule has 0 saturated carbocycles. The second-order valence-electron chi connectivity index (χ2n) is 16.1. The van der Waals surface area contributed by atoms with E-state index in [1.54, 1.807) is 0 Å². The summed E-state index contributed by atoms with van der Waals surface area (Å²) in [6.45, 7) is 8.13. The number of esters is 3. The van der Waals surface area contributed by atoms with E-state index in [1.807, 2.05) is 6.08 Å². The van der Waals surface area contributed by atoms with E-state index in [2.05, 4.69) is 32.6 Å². The number of rotatable bonds is 44. The Balaban J connectivity index is 4.26. The third-order valence-corrected chi connectivity index (χ3v) is 10.6. The summed E-state index contributed by atoms with van der Waals surface area (Å²) >= 11 is 0. The van der Waals surface area contributed by atoms with E-state index in [0.717, 1.165) is 83.5 Å². The molecule has 0 aliphatic carbocycles. The first-order chi connectivity index (χ1) is 27.0. The average molecular weight is 775 g/mol. The summed E-state index contributed by atoms with van der Waals surface area (Å²) in [6, 6.07) is 0. The Kier molecular flexibility index (Phi) is 42.9. The van der Waals surface area contributed by atoms with Gasteiger partial charge in [-0.1, -0.05) is 193 Å². The van der Waals surface area contributed by atoms with Gasteiger partial charge in [-0.15, -0.1) is 6.58 Å². The number of unbranched alkanes of at least 4 members (excludes halogenated alkanes) is 30. The van der Waals surface area contributed by atoms with Crippen molar-refractivity contribution in [3.8, 4) is 0 Å². The van der Waals surface area contributed by atoms with Crippen LogP contribution in [0, 0.1) is 0 Å². The van der Waals surface area contributed by atoms with E-state index in [9.17, 15) is 14.4 Å². The summed E-state index contributed by atoms with van der Waals surface area (Å²) < 4.78 is 16.7. The molecule has 6 heteroatoms. The lowest BCUT2D eigenvalue weighted by atomic mass is 10.0. The largest absolute Gasteiger partial charge is 0.462 e. The molecule has 0 N–H and O–H groups in total. The van der Waals surface area contributed by atoms with Gasteiger partial charge in [-0.3, -0.25) is 14.4 Å². The van der Waals surface area contributed by atoms with Gasteiger partial charge in [-0.05, 0) is 57.8 Å². The van der Waals surface area contributed by atoms with Gasteiger partial charge in [0, 0.05) is 19.3 Å². The molecular weight excluding hydrogens is 685 g/mol. The second kappa shape index (κ2) is 44.6. The van der Waals surface area contributed by atoms with E-state index in [-0.39, 0.29) is 31.1 Å². The molecule has 0 heterocycles. The molecule has 0 aromatic heterocycles. The zero-order valence-electron chi connectivity index (χ0n) is 36.5. The van der Waals surface area contributed by atoms with Gasteiger partial charge in [0.15, 0.2) is 6.10 Å². The monoisotopic (exact) mass is 775 g/mol. The molecule has 0 aliphatic rings. The number of allylic oxidation sites excluding steroid dienone is 3. The molecule has 0 aliphatic heterocycles. The summed E-state index contributed by atoms with van der Waals surface area (Å²) in [7, 11) is 0. The van der Waals surface area contributed by atoms with Crippen LogP contribution >= 0.6 is 0 Å². The molecule has 0 bridgehead atoms. The summed E-state index contributed by atoms with van der Waals surface area (Å²) in [5, 5.41) is 0. The molecule has 6 nitrogen and oxygen atoms in total. The van der Waals surface area contributed by atoms with Gasteiger partial charge in [0.05, 0.1) is 0 Å². The van der Waals surface area contributed by atoms with Crippen molar-refractivity contribution in [2.45, 2.75) is 258 Å². The van der Waals surface area contributed by atoms with Crippen molar-refractivity contribution in [3.05, 3.63) is 24.8 Å². The van der Waals surface area contributed by atoms with Crippen molar-refractivity contribution in [1.82, 2.24) is 0 Å². The third-order valence-electron chi connectivity index (χ3n) is 10.6. The zero-order valence-corrected chi connectivity index (χ0v) is 36.5. The number of hydrogen-bond acceptors (Lipinski definition) is 6. The highest BCUT2D eigenvalue weighted by Crippen LogP contribution is 2.15. The summed E-state index contributed by atoms with van der Waals surface area (Å²) in [5.74, 6) is -0.902. The fourth-order valence-electron chi connectivity index (χ4n) is 6.95. The minimum absolute atomic E-state index is 0.0771. The van der Waals surface area contributed by atoms with Gasteiger partial charge in [-0.2, -0.15) is 0 Å². The van der Waals surface area contributed by atoms with Crippen molar-refractivity contribution in [3.63, 3.8) is 0 Å². The maximum Gasteiger partial charge on any atom is 0.306 e. The normalized spacial score (nSPS) is 11.9. The smallest absolute Gasteiger partial charge is 0.306 e. The minimum Gasteiger partial charge on any atom is -0.462 e. The Labute approximate surface area is 341 Å². The van der Waals surface area contributed by atoms with Crippen LogP contribution in [-0.2, 0) is 28.6 Å². The lowest BCUT2D eigenvalue weighted by molar-refractivity contribution is -0.167. The molecule has 55 heavy (non-hydrogen) atoms. The van der Waals surface area contributed by atoms with Gasteiger partial charge in [-0.25, -0.2) is 0 Å². The lowest BCUT2D eigenvalue weighted by Crippen LogP contribution is -2.30. The van der Waals surface area contributed by atoms with Crippen LogP contribution in [0.25, 0.3) is 0 Å². The molecular formula is C49H90O6. The highest BCUT2D eigenvalue weighted by molar-refractivity contribution is 5.71. The molecule has 1 atom stereocenters. The topological polar surface area (TPSA) is 78.9 Å². The predicted molar refractivity (Wildman–Crippen MR) is 233 cm³/mol. The van der Waals surface area contributed by atoms with Gasteiger partial charge in [0.25, 0.3) is 0 Å². The summed E-state index contributed by atoms with van der Waals surface area (Å²) in [5.41, 5.74) is 0. The Bertz CT molecular complexity index is 883. The quantitative estimate of drug-likeness (QED) is 0.0265. The van der Waals surface area contributed by atoms with Crippen molar-refractivity contribution >= 4 is 17.9 Å². The number of hydrogen-bond donors (Lipinski definition) is 0. The molecule has 0 radical (unpaired) electrons. The standard InChI is InChI=1S/C49H90O6/c1-4-7-10-13-16-18-20-22-24-26-28-30-33-36-39-42-48(51)54-45-46(44-53-47(50)41-38-35-32-15-12-9-6-3)55-49(52)43-40-37-34-31-29-27-25-23-21-19-17-14-11-8-5-2/h6,23,25,46H,3-5,7-22,24,26-45H2,1-2H3/b25-23-. The van der Waals surface area contributed by atoms with Crippen LogP contribution in [-0.4, -0.2) is 37.2 Å². The first kappa shape index (κ1) is 52.9. The predicted octanol–water partition coefficient (Wildman–Crippen LogP) is 15.2. The second-order valence-corrected chi connectivity index (χ2v) is 16.1. The Morgan fingerprint density at radius 2 is 0.691 bits per heavy atom. The van der Waals surface area contributed by atoms with Crippen LogP contribution in [0.2, 0.25) is 0 Å². The molecule has 0 aromatic rings. The van der Waals surface area contributed by atoms with E-state index < -0.39 is 6.10 Å². The first-order valence-corrected chi connectivity index (χ1v) is 23.8. The molecule has 0 rings (SSSR count). The third kappa shape index (κ3) is 42.9. The van der Waals surface area contributed by atoms with E-state index in [0.29, 0.717) is 19.3 Å². The van der Waals surface area contributed by atoms with Crippen molar-refractivity contribution in [2.24, 2.45) is 0 Å².